The van der Waals surface area contributed by atoms with Crippen molar-refractivity contribution in [3.05, 3.63) is 88.8 Å². The SMILES string of the molecule is CNc1ccc(-c2ccc3c(c2)CC(CNCCNCc2nc4ccc(C)cc4n2CC2CCC2)=C3)cc1. The largest absolute Gasteiger partial charge is 0.388 e. The summed E-state index contributed by atoms with van der Waals surface area (Å²) in [4.78, 5) is 4.97. The number of aromatic nitrogens is 2. The molecule has 1 saturated carbocycles. The van der Waals surface area contributed by atoms with Crippen LogP contribution in [0.25, 0.3) is 28.2 Å². The van der Waals surface area contributed by atoms with Gasteiger partial charge in [-0.3, -0.25) is 0 Å². The molecule has 0 bridgehead atoms. The molecule has 0 atom stereocenters. The Hall–Kier alpha value is -3.41. The Morgan fingerprint density at radius 1 is 0.895 bits per heavy atom. The van der Waals surface area contributed by atoms with E-state index in [0.29, 0.717) is 0 Å². The summed E-state index contributed by atoms with van der Waals surface area (Å²) in [6.45, 7) is 6.89. The Morgan fingerprint density at radius 3 is 2.45 bits per heavy atom. The molecule has 5 nitrogen and oxygen atoms in total. The smallest absolute Gasteiger partial charge is 0.123 e. The van der Waals surface area contributed by atoms with Gasteiger partial charge in [0.25, 0.3) is 0 Å². The molecule has 0 saturated heterocycles. The number of hydrogen-bond acceptors (Lipinski definition) is 4. The van der Waals surface area contributed by atoms with Gasteiger partial charge >= 0.3 is 0 Å². The van der Waals surface area contributed by atoms with Crippen molar-refractivity contribution < 1.29 is 0 Å². The van der Waals surface area contributed by atoms with E-state index in [9.17, 15) is 0 Å². The Bertz CT molecular complexity index is 1440. The molecule has 4 aromatic rings. The van der Waals surface area contributed by atoms with Crippen LogP contribution in [0.1, 0.15) is 41.8 Å². The van der Waals surface area contributed by atoms with Crippen molar-refractivity contribution in [2.75, 3.05) is 32.0 Å². The number of anilines is 1. The highest BCUT2D eigenvalue weighted by Gasteiger charge is 2.21. The van der Waals surface area contributed by atoms with E-state index in [1.54, 1.807) is 0 Å². The fourth-order valence-corrected chi connectivity index (χ4v) is 5.72. The Balaban J connectivity index is 0.984. The molecule has 1 heterocycles. The molecule has 2 aliphatic rings. The van der Waals surface area contributed by atoms with Gasteiger partial charge in [-0.25, -0.2) is 4.98 Å². The molecular formula is C33H39N5. The third-order valence-electron chi connectivity index (χ3n) is 8.19. The summed E-state index contributed by atoms with van der Waals surface area (Å²) in [6, 6.07) is 22.1. The summed E-state index contributed by atoms with van der Waals surface area (Å²) < 4.78 is 2.47. The summed E-state index contributed by atoms with van der Waals surface area (Å²) in [7, 11) is 1.95. The highest BCUT2D eigenvalue weighted by Crippen LogP contribution is 2.31. The van der Waals surface area contributed by atoms with E-state index in [2.05, 4.69) is 94.2 Å². The average molecular weight is 506 g/mol. The lowest BCUT2D eigenvalue weighted by Gasteiger charge is -2.26. The van der Waals surface area contributed by atoms with Crippen LogP contribution < -0.4 is 16.0 Å². The molecule has 0 amide bonds. The standard InChI is InChI=1S/C33H39N5/c1-23-6-13-31-32(16-23)38(22-24-4-3-5-24)33(37-31)21-36-15-14-35-20-25-17-27-7-8-28(19-29(27)18-25)26-9-11-30(34-2)12-10-26/h6-13,16-17,19,24,34-36H,3-5,14-15,18,20-22H2,1-2H3. The maximum atomic E-state index is 4.97. The minimum atomic E-state index is 0.812. The molecule has 3 N–H and O–H groups in total. The molecule has 0 spiro atoms. The second-order valence-electron chi connectivity index (χ2n) is 11.0. The molecule has 1 fully saturated rings. The van der Waals surface area contributed by atoms with E-state index >= 15 is 0 Å². The van der Waals surface area contributed by atoms with Crippen LogP contribution in [0.3, 0.4) is 0 Å². The third kappa shape index (κ3) is 5.40. The summed E-state index contributed by atoms with van der Waals surface area (Å²) >= 11 is 0. The summed E-state index contributed by atoms with van der Waals surface area (Å²) in [6.07, 6.45) is 7.47. The lowest BCUT2D eigenvalue weighted by atomic mass is 9.85. The Morgan fingerprint density at radius 2 is 1.68 bits per heavy atom. The topological polar surface area (TPSA) is 53.9 Å². The lowest BCUT2D eigenvalue weighted by molar-refractivity contribution is 0.276. The number of nitrogens with one attached hydrogen (secondary N) is 3. The van der Waals surface area contributed by atoms with Gasteiger partial charge in [0.1, 0.15) is 5.82 Å². The molecule has 1 aromatic heterocycles. The number of rotatable bonds is 11. The minimum Gasteiger partial charge on any atom is -0.388 e. The van der Waals surface area contributed by atoms with E-state index in [-0.39, 0.29) is 0 Å². The zero-order chi connectivity index (χ0) is 25.9. The van der Waals surface area contributed by atoms with Crippen LogP contribution in [0.15, 0.2) is 66.2 Å². The molecule has 3 aromatic carbocycles. The monoisotopic (exact) mass is 505 g/mol. The van der Waals surface area contributed by atoms with E-state index in [1.807, 2.05) is 7.05 Å². The summed E-state index contributed by atoms with van der Waals surface area (Å²) in [5.41, 5.74) is 11.7. The fourth-order valence-electron chi connectivity index (χ4n) is 5.72. The number of benzene rings is 3. The second kappa shape index (κ2) is 11.1. The average Bonchev–Trinajstić information content (AvgIpc) is 3.48. The van der Waals surface area contributed by atoms with Crippen molar-refractivity contribution in [1.82, 2.24) is 20.2 Å². The van der Waals surface area contributed by atoms with Crippen LogP contribution in [-0.4, -0.2) is 36.2 Å². The molecule has 2 aliphatic carbocycles. The molecule has 0 unspecified atom stereocenters. The molecule has 0 radical (unpaired) electrons. The van der Waals surface area contributed by atoms with Crippen molar-refractivity contribution in [3.8, 4) is 11.1 Å². The molecular weight excluding hydrogens is 466 g/mol. The van der Waals surface area contributed by atoms with Crippen molar-refractivity contribution in [1.29, 1.82) is 0 Å². The minimum absolute atomic E-state index is 0.812. The van der Waals surface area contributed by atoms with Gasteiger partial charge in [0.05, 0.1) is 17.6 Å². The number of nitrogens with zero attached hydrogens (tertiary/aromatic N) is 2. The van der Waals surface area contributed by atoms with E-state index in [1.165, 1.54) is 64.0 Å². The zero-order valence-corrected chi connectivity index (χ0v) is 22.7. The summed E-state index contributed by atoms with van der Waals surface area (Å²) in [5, 5.41) is 10.5. The first kappa shape index (κ1) is 24.9. The van der Waals surface area contributed by atoms with Crippen molar-refractivity contribution in [2.45, 2.75) is 45.7 Å². The molecule has 6 rings (SSSR count). The van der Waals surface area contributed by atoms with Crippen molar-refractivity contribution in [3.63, 3.8) is 0 Å². The van der Waals surface area contributed by atoms with E-state index in [4.69, 9.17) is 4.98 Å². The van der Waals surface area contributed by atoms with Gasteiger partial charge < -0.3 is 20.5 Å². The molecule has 0 aliphatic heterocycles. The van der Waals surface area contributed by atoms with Gasteiger partial charge in [0, 0.05) is 38.9 Å². The fraction of sp³-hybridized carbons (Fsp3) is 0.364. The van der Waals surface area contributed by atoms with Gasteiger partial charge in [-0.1, -0.05) is 54.5 Å². The van der Waals surface area contributed by atoms with Crippen LogP contribution in [0.5, 0.6) is 0 Å². The predicted octanol–water partition coefficient (Wildman–Crippen LogP) is 6.17. The first-order chi connectivity index (χ1) is 18.7. The zero-order valence-electron chi connectivity index (χ0n) is 22.7. The summed E-state index contributed by atoms with van der Waals surface area (Å²) in [5.74, 6) is 1.98. The van der Waals surface area contributed by atoms with Crippen molar-refractivity contribution >= 4 is 22.8 Å². The normalized spacial score (nSPS) is 14.9. The second-order valence-corrected chi connectivity index (χ2v) is 11.0. The molecule has 5 heteroatoms. The van der Waals surface area contributed by atoms with Gasteiger partial charge in [-0.2, -0.15) is 0 Å². The molecule has 196 valence electrons. The quantitative estimate of drug-likeness (QED) is 0.213. The lowest BCUT2D eigenvalue weighted by Crippen LogP contribution is -2.29. The Labute approximate surface area is 226 Å². The van der Waals surface area contributed by atoms with Gasteiger partial charge in [-0.05, 0) is 84.2 Å². The van der Waals surface area contributed by atoms with Crippen LogP contribution in [-0.2, 0) is 19.5 Å². The van der Waals surface area contributed by atoms with Gasteiger partial charge in [-0.15, -0.1) is 0 Å². The van der Waals surface area contributed by atoms with Crippen LogP contribution in [0, 0.1) is 12.8 Å². The maximum absolute atomic E-state index is 4.97. The number of imidazole rings is 1. The Kier molecular flexibility index (Phi) is 7.30. The first-order valence-corrected chi connectivity index (χ1v) is 14.1. The van der Waals surface area contributed by atoms with E-state index < -0.39 is 0 Å². The van der Waals surface area contributed by atoms with Gasteiger partial charge in [0.2, 0.25) is 0 Å². The van der Waals surface area contributed by atoms with Crippen molar-refractivity contribution in [2.24, 2.45) is 5.92 Å². The van der Waals surface area contributed by atoms with Crippen LogP contribution >= 0.6 is 0 Å². The van der Waals surface area contributed by atoms with E-state index in [0.717, 1.165) is 56.3 Å². The highest BCUT2D eigenvalue weighted by molar-refractivity contribution is 5.77. The third-order valence-corrected chi connectivity index (χ3v) is 8.19. The number of fused-ring (bicyclic) bond motifs is 2. The van der Waals surface area contributed by atoms with Gasteiger partial charge in [0.15, 0.2) is 0 Å². The maximum Gasteiger partial charge on any atom is 0.123 e. The van der Waals surface area contributed by atoms with Crippen LogP contribution in [0.4, 0.5) is 5.69 Å². The first-order valence-electron chi connectivity index (χ1n) is 14.1. The number of hydrogen-bond donors (Lipinski definition) is 3. The highest BCUT2D eigenvalue weighted by atomic mass is 15.1. The molecule has 38 heavy (non-hydrogen) atoms. The number of aryl methyl sites for hydroxylation is 1. The van der Waals surface area contributed by atoms with Crippen LogP contribution in [0.2, 0.25) is 0 Å². The predicted molar refractivity (Wildman–Crippen MR) is 159 cm³/mol.